The number of rotatable bonds is 13. The highest BCUT2D eigenvalue weighted by Crippen LogP contribution is 2.58. The highest BCUT2D eigenvalue weighted by molar-refractivity contribution is 6.32. The number of aliphatic imine (C=N–C) groups is 1. The van der Waals surface area contributed by atoms with E-state index in [1.165, 1.54) is 32.1 Å². The van der Waals surface area contributed by atoms with Gasteiger partial charge in [0, 0.05) is 43.1 Å². The number of Topliss-reactive ketones (excluding diaryl/α,β-unsaturated/α-hetero) is 2. The highest BCUT2D eigenvalue weighted by atomic mass is 16.7. The number of ether oxygens (including phenoxy) is 2. The molecule has 5 aliphatic rings. The van der Waals surface area contributed by atoms with Gasteiger partial charge in [0.25, 0.3) is 5.60 Å². The Hall–Kier alpha value is -4.22. The Kier molecular flexibility index (Phi) is 11.2. The van der Waals surface area contributed by atoms with Gasteiger partial charge in [-0.15, -0.1) is 0 Å². The Labute approximate surface area is 301 Å². The van der Waals surface area contributed by atoms with Crippen molar-refractivity contribution in [2.45, 2.75) is 94.9 Å². The van der Waals surface area contributed by atoms with Crippen molar-refractivity contribution in [3.05, 3.63) is 82.7 Å². The van der Waals surface area contributed by atoms with Crippen LogP contribution in [-0.4, -0.2) is 73.5 Å². The lowest BCUT2D eigenvalue weighted by Crippen LogP contribution is -2.51. The summed E-state index contributed by atoms with van der Waals surface area (Å²) in [5.41, 5.74) is 10.7. The molecule has 3 aliphatic carbocycles. The first-order valence-electron chi connectivity index (χ1n) is 18.6. The van der Waals surface area contributed by atoms with Crippen LogP contribution in [0.1, 0.15) is 92.4 Å². The van der Waals surface area contributed by atoms with Crippen LogP contribution in [0.3, 0.4) is 0 Å². The van der Waals surface area contributed by atoms with E-state index in [9.17, 15) is 14.4 Å². The predicted octanol–water partition coefficient (Wildman–Crippen LogP) is 4.22. The van der Waals surface area contributed by atoms with Crippen LogP contribution in [0.5, 0.6) is 0 Å². The zero-order valence-corrected chi connectivity index (χ0v) is 30.2. The maximum Gasteiger partial charge on any atom is 0.350 e. The van der Waals surface area contributed by atoms with Gasteiger partial charge in [0.1, 0.15) is 0 Å². The molecule has 1 aromatic carbocycles. The minimum absolute atomic E-state index is 0.0329. The molecule has 51 heavy (non-hydrogen) atoms. The molecule has 6 atom stereocenters. The largest absolute Gasteiger partial charge is 0.463 e. The summed E-state index contributed by atoms with van der Waals surface area (Å²) in [6.45, 7) is 5.75. The van der Waals surface area contributed by atoms with Crippen molar-refractivity contribution >= 4 is 23.5 Å². The fraction of sp³-hybridized carbons (Fsp3) is 0.550. The van der Waals surface area contributed by atoms with Crippen LogP contribution in [0.25, 0.3) is 0 Å². The number of epoxide rings is 1. The highest BCUT2D eigenvalue weighted by Gasteiger charge is 2.85. The molecular formula is C40H54N6O5. The third-order valence-electron chi connectivity index (χ3n) is 11.5. The van der Waals surface area contributed by atoms with E-state index in [4.69, 9.17) is 20.9 Å². The van der Waals surface area contributed by atoms with E-state index in [1.54, 1.807) is 31.3 Å². The molecule has 0 radical (unpaired) electrons. The Bertz CT molecular complexity index is 1660. The van der Waals surface area contributed by atoms with Crippen LogP contribution in [0, 0.1) is 17.8 Å². The normalized spacial score (nSPS) is 30.0. The van der Waals surface area contributed by atoms with Crippen LogP contribution in [0.4, 0.5) is 0 Å². The Morgan fingerprint density at radius 2 is 1.90 bits per heavy atom. The quantitative estimate of drug-likeness (QED) is 0.0502. The lowest BCUT2D eigenvalue weighted by atomic mass is 9.72. The van der Waals surface area contributed by atoms with Crippen molar-refractivity contribution in [2.75, 3.05) is 26.7 Å². The number of carbonyl (C=O) groups excluding carboxylic acids is 3. The summed E-state index contributed by atoms with van der Waals surface area (Å²) in [7, 11) is 1.61. The first-order valence-corrected chi connectivity index (χ1v) is 18.6. The number of guanidine groups is 1. The van der Waals surface area contributed by atoms with Crippen molar-refractivity contribution in [1.29, 1.82) is 0 Å². The SMILES string of the molecule is CC[C@@H]1C=C[C@@H](NCC2CCCCC2)[C@H](COC(=O)[C@]23O[C@@]2(C/C=C(\C)C[C@@H](NC(N)=NC)C2=CCNC(N)=C2)C(=O)c2ccccc2C3=O)C1. The maximum absolute atomic E-state index is 14.2. The molecule has 2 heterocycles. The minimum Gasteiger partial charge on any atom is -0.463 e. The van der Waals surface area contributed by atoms with Gasteiger partial charge in [-0.2, -0.15) is 0 Å². The van der Waals surface area contributed by atoms with E-state index in [-0.39, 0.29) is 53.9 Å². The molecule has 1 saturated carbocycles. The van der Waals surface area contributed by atoms with Crippen molar-refractivity contribution in [3.63, 3.8) is 0 Å². The third-order valence-corrected chi connectivity index (χ3v) is 11.5. The monoisotopic (exact) mass is 698 g/mol. The topological polar surface area (TPSA) is 173 Å². The number of benzene rings is 1. The second-order valence-corrected chi connectivity index (χ2v) is 14.8. The number of nitrogens with one attached hydrogen (secondary N) is 3. The molecule has 0 spiro atoms. The van der Waals surface area contributed by atoms with Gasteiger partial charge in [-0.1, -0.05) is 80.3 Å². The molecule has 274 valence electrons. The zero-order chi connectivity index (χ0) is 36.2. The molecule has 0 aromatic heterocycles. The molecule has 0 unspecified atom stereocenters. The van der Waals surface area contributed by atoms with Crippen LogP contribution in [0.15, 0.2) is 76.6 Å². The van der Waals surface area contributed by atoms with Crippen LogP contribution in [-0.2, 0) is 14.3 Å². The second-order valence-electron chi connectivity index (χ2n) is 14.8. The number of nitrogens with zero attached hydrogens (tertiary/aromatic N) is 1. The number of ketones is 2. The zero-order valence-electron chi connectivity index (χ0n) is 30.2. The fourth-order valence-electron chi connectivity index (χ4n) is 8.31. The summed E-state index contributed by atoms with van der Waals surface area (Å²) in [6, 6.07) is 6.43. The molecule has 2 aliphatic heterocycles. The first kappa shape index (κ1) is 36.6. The van der Waals surface area contributed by atoms with Gasteiger partial charge in [-0.05, 0) is 69.1 Å². The lowest BCUT2D eigenvalue weighted by Gasteiger charge is -2.34. The molecule has 1 aromatic rings. The van der Waals surface area contributed by atoms with Gasteiger partial charge in [0.15, 0.2) is 17.3 Å². The van der Waals surface area contributed by atoms with Crippen molar-refractivity contribution in [3.8, 4) is 0 Å². The van der Waals surface area contributed by atoms with Gasteiger partial charge in [-0.3, -0.25) is 14.6 Å². The number of fused-ring (bicyclic) bond motifs is 2. The average molecular weight is 699 g/mol. The van der Waals surface area contributed by atoms with Gasteiger partial charge in [0.2, 0.25) is 5.78 Å². The van der Waals surface area contributed by atoms with Crippen molar-refractivity contribution < 1.29 is 23.9 Å². The number of dihydropyridines is 1. The van der Waals surface area contributed by atoms with Gasteiger partial charge in [0.05, 0.1) is 18.5 Å². The fourth-order valence-corrected chi connectivity index (χ4v) is 8.31. The molecule has 11 heteroatoms. The smallest absolute Gasteiger partial charge is 0.350 e. The summed E-state index contributed by atoms with van der Waals surface area (Å²) < 4.78 is 12.2. The van der Waals surface area contributed by atoms with E-state index >= 15 is 0 Å². The average Bonchev–Trinajstić information content (AvgIpc) is 3.86. The Morgan fingerprint density at radius 3 is 2.61 bits per heavy atom. The molecule has 0 bridgehead atoms. The predicted molar refractivity (Wildman–Crippen MR) is 198 cm³/mol. The molecule has 1 saturated heterocycles. The summed E-state index contributed by atoms with van der Waals surface area (Å²) in [4.78, 5) is 46.6. The second kappa shape index (κ2) is 15.6. The number of hydrogen-bond acceptors (Lipinski definition) is 9. The van der Waals surface area contributed by atoms with Crippen molar-refractivity contribution in [1.82, 2.24) is 16.0 Å². The third kappa shape index (κ3) is 7.42. The Balaban J connectivity index is 1.21. The molecule has 7 N–H and O–H groups in total. The van der Waals surface area contributed by atoms with Crippen LogP contribution < -0.4 is 27.4 Å². The number of nitrogens with two attached hydrogens (primary N) is 2. The lowest BCUT2D eigenvalue weighted by molar-refractivity contribution is -0.149. The number of carbonyl (C=O) groups is 3. The maximum atomic E-state index is 14.2. The van der Waals surface area contributed by atoms with E-state index < -0.39 is 23.0 Å². The number of esters is 1. The summed E-state index contributed by atoms with van der Waals surface area (Å²) in [6.07, 6.45) is 19.0. The summed E-state index contributed by atoms with van der Waals surface area (Å²) in [5, 5.41) is 10.1. The van der Waals surface area contributed by atoms with Crippen LogP contribution >= 0.6 is 0 Å². The summed E-state index contributed by atoms with van der Waals surface area (Å²) >= 11 is 0. The van der Waals surface area contributed by atoms with E-state index in [0.717, 1.165) is 30.5 Å². The van der Waals surface area contributed by atoms with E-state index in [2.05, 4.69) is 40.0 Å². The standard InChI is InChI=1S/C40H54N6O5/c1-4-26-14-15-32(45-23-27-10-6-5-7-11-27)29(21-26)24-50-37(49)40-36(48)31-13-9-8-12-30(31)35(47)39(40,51-40)18-16-25(2)20-33(46-38(42)43-3)28-17-19-44-34(41)22-28/h8-9,12-17,22,26-27,29,32-33,44-45H,4-7,10-11,18-21,23-24,41H2,1-3H3,(H3,42,43,46)/b25-16+/t26-,29+,32-,33-,39+,40+/m1/s1. The molecule has 2 fully saturated rings. The minimum atomic E-state index is -2.03. The van der Waals surface area contributed by atoms with E-state index in [1.807, 2.05) is 25.2 Å². The van der Waals surface area contributed by atoms with Crippen molar-refractivity contribution in [2.24, 2.45) is 34.2 Å². The molecule has 0 amide bonds. The first-order chi connectivity index (χ1) is 24.6. The van der Waals surface area contributed by atoms with Gasteiger partial charge < -0.3 is 36.9 Å². The summed E-state index contributed by atoms with van der Waals surface area (Å²) in [5.74, 6) is 0.216. The number of hydrogen-bond donors (Lipinski definition) is 5. The van der Waals surface area contributed by atoms with E-state index in [0.29, 0.717) is 30.6 Å². The van der Waals surface area contributed by atoms with Gasteiger partial charge in [-0.25, -0.2) is 4.79 Å². The van der Waals surface area contributed by atoms with Gasteiger partial charge >= 0.3 is 5.97 Å². The molecule has 6 rings (SSSR count). The molecule has 11 nitrogen and oxygen atoms in total. The number of allylic oxidation sites excluding steroid dienone is 1. The Morgan fingerprint density at radius 1 is 1.16 bits per heavy atom. The van der Waals surface area contributed by atoms with Crippen LogP contribution in [0.2, 0.25) is 0 Å². The molecular weight excluding hydrogens is 644 g/mol.